The van der Waals surface area contributed by atoms with Crippen molar-refractivity contribution in [2.75, 3.05) is 19.7 Å². The SMILES string of the molecule is CC.CC1COC2(CNC2)C1. The second-order valence-corrected chi connectivity index (χ2v) is 3.41. The molecule has 2 fully saturated rings. The Kier molecular flexibility index (Phi) is 2.90. The molecule has 2 rings (SSSR count). The summed E-state index contributed by atoms with van der Waals surface area (Å²) >= 11 is 0. The predicted molar refractivity (Wildman–Crippen MR) is 46.7 cm³/mol. The summed E-state index contributed by atoms with van der Waals surface area (Å²) in [6.45, 7) is 9.39. The maximum Gasteiger partial charge on any atom is 0.0933 e. The molecule has 0 amide bonds. The van der Waals surface area contributed by atoms with Gasteiger partial charge in [0.2, 0.25) is 0 Å². The van der Waals surface area contributed by atoms with E-state index in [0.29, 0.717) is 0 Å². The second kappa shape index (κ2) is 3.55. The molecule has 0 bridgehead atoms. The maximum absolute atomic E-state index is 5.63. The van der Waals surface area contributed by atoms with E-state index < -0.39 is 0 Å². The molecular formula is C9H19NO. The Bertz CT molecular complexity index is 121. The molecule has 0 radical (unpaired) electrons. The first kappa shape index (κ1) is 9.01. The van der Waals surface area contributed by atoms with Crippen molar-refractivity contribution in [3.63, 3.8) is 0 Å². The van der Waals surface area contributed by atoms with E-state index in [9.17, 15) is 0 Å². The van der Waals surface area contributed by atoms with Crippen LogP contribution in [0.3, 0.4) is 0 Å². The van der Waals surface area contributed by atoms with Gasteiger partial charge in [0, 0.05) is 13.1 Å². The van der Waals surface area contributed by atoms with Crippen LogP contribution in [0.15, 0.2) is 0 Å². The summed E-state index contributed by atoms with van der Waals surface area (Å²) in [5.74, 6) is 0.784. The smallest absolute Gasteiger partial charge is 0.0933 e. The first-order valence-electron chi connectivity index (χ1n) is 4.65. The molecule has 66 valence electrons. The van der Waals surface area contributed by atoms with Crippen molar-refractivity contribution in [1.29, 1.82) is 0 Å². The fraction of sp³-hybridized carbons (Fsp3) is 1.00. The molecular weight excluding hydrogens is 138 g/mol. The Hall–Kier alpha value is -0.0800. The van der Waals surface area contributed by atoms with Gasteiger partial charge in [0.25, 0.3) is 0 Å². The van der Waals surface area contributed by atoms with E-state index in [4.69, 9.17) is 4.74 Å². The first-order chi connectivity index (χ1) is 5.31. The minimum Gasteiger partial charge on any atom is -0.372 e. The molecule has 1 spiro atoms. The fourth-order valence-corrected chi connectivity index (χ4v) is 1.72. The zero-order valence-corrected chi connectivity index (χ0v) is 7.81. The van der Waals surface area contributed by atoms with Crippen molar-refractivity contribution in [3.05, 3.63) is 0 Å². The molecule has 2 aliphatic rings. The topological polar surface area (TPSA) is 21.3 Å². The lowest BCUT2D eigenvalue weighted by atomic mass is 9.90. The first-order valence-corrected chi connectivity index (χ1v) is 4.65. The van der Waals surface area contributed by atoms with E-state index in [1.165, 1.54) is 6.42 Å². The van der Waals surface area contributed by atoms with Crippen LogP contribution in [0.25, 0.3) is 0 Å². The van der Waals surface area contributed by atoms with Gasteiger partial charge in [-0.2, -0.15) is 0 Å². The highest BCUT2D eigenvalue weighted by molar-refractivity contribution is 4.98. The van der Waals surface area contributed by atoms with Crippen molar-refractivity contribution in [2.24, 2.45) is 5.92 Å². The molecule has 0 aromatic rings. The molecule has 1 atom stereocenters. The predicted octanol–water partition coefficient (Wildman–Crippen LogP) is 1.41. The van der Waals surface area contributed by atoms with Gasteiger partial charge < -0.3 is 10.1 Å². The summed E-state index contributed by atoms with van der Waals surface area (Å²) < 4.78 is 5.63. The summed E-state index contributed by atoms with van der Waals surface area (Å²) in [7, 11) is 0. The number of hydrogen-bond donors (Lipinski definition) is 1. The van der Waals surface area contributed by atoms with Crippen LogP contribution in [0, 0.1) is 5.92 Å². The molecule has 1 N–H and O–H groups in total. The van der Waals surface area contributed by atoms with Crippen LogP contribution < -0.4 is 5.32 Å². The van der Waals surface area contributed by atoms with Gasteiger partial charge >= 0.3 is 0 Å². The van der Waals surface area contributed by atoms with E-state index in [-0.39, 0.29) is 5.60 Å². The minimum absolute atomic E-state index is 0.277. The monoisotopic (exact) mass is 157 g/mol. The molecule has 2 aliphatic heterocycles. The summed E-state index contributed by atoms with van der Waals surface area (Å²) in [5, 5.41) is 3.24. The third-order valence-corrected chi connectivity index (χ3v) is 2.29. The summed E-state index contributed by atoms with van der Waals surface area (Å²) in [6, 6.07) is 0. The van der Waals surface area contributed by atoms with Crippen LogP contribution in [0.1, 0.15) is 27.2 Å². The maximum atomic E-state index is 5.63. The normalized spacial score (nSPS) is 32.5. The lowest BCUT2D eigenvalue weighted by molar-refractivity contribution is -0.0362. The van der Waals surface area contributed by atoms with Crippen LogP contribution >= 0.6 is 0 Å². The van der Waals surface area contributed by atoms with Gasteiger partial charge in [0.05, 0.1) is 12.2 Å². The highest BCUT2D eigenvalue weighted by atomic mass is 16.5. The number of nitrogens with one attached hydrogen (secondary N) is 1. The highest BCUT2D eigenvalue weighted by Gasteiger charge is 2.43. The third kappa shape index (κ3) is 1.74. The average molecular weight is 157 g/mol. The van der Waals surface area contributed by atoms with E-state index >= 15 is 0 Å². The lowest BCUT2D eigenvalue weighted by Crippen LogP contribution is -2.59. The summed E-state index contributed by atoms with van der Waals surface area (Å²) in [5.41, 5.74) is 0.277. The molecule has 2 nitrogen and oxygen atoms in total. The average Bonchev–Trinajstić information content (AvgIpc) is 2.35. The van der Waals surface area contributed by atoms with Crippen molar-refractivity contribution in [1.82, 2.24) is 5.32 Å². The molecule has 0 aliphatic carbocycles. The number of rotatable bonds is 0. The molecule has 0 saturated carbocycles. The largest absolute Gasteiger partial charge is 0.372 e. The molecule has 2 saturated heterocycles. The summed E-state index contributed by atoms with van der Waals surface area (Å²) in [6.07, 6.45) is 1.26. The number of hydrogen-bond acceptors (Lipinski definition) is 2. The molecule has 0 aromatic carbocycles. The Balaban J connectivity index is 0.000000281. The van der Waals surface area contributed by atoms with Gasteiger partial charge in [0.1, 0.15) is 0 Å². The number of ether oxygens (including phenoxy) is 1. The Morgan fingerprint density at radius 1 is 1.36 bits per heavy atom. The summed E-state index contributed by atoms with van der Waals surface area (Å²) in [4.78, 5) is 0. The standard InChI is InChI=1S/C7H13NO.C2H6/c1-6-2-7(9-3-6)4-8-5-7;1-2/h6,8H,2-5H2,1H3;1-2H3. The van der Waals surface area contributed by atoms with Crippen LogP contribution in [0.4, 0.5) is 0 Å². The van der Waals surface area contributed by atoms with Crippen molar-refractivity contribution >= 4 is 0 Å². The van der Waals surface area contributed by atoms with E-state index in [0.717, 1.165) is 25.6 Å². The fourth-order valence-electron chi connectivity index (χ4n) is 1.72. The van der Waals surface area contributed by atoms with Gasteiger partial charge in [-0.1, -0.05) is 20.8 Å². The highest BCUT2D eigenvalue weighted by Crippen LogP contribution is 2.32. The molecule has 2 heteroatoms. The van der Waals surface area contributed by atoms with E-state index in [1.54, 1.807) is 0 Å². The van der Waals surface area contributed by atoms with Crippen LogP contribution in [-0.4, -0.2) is 25.3 Å². The minimum atomic E-state index is 0.277. The zero-order chi connectivity index (χ0) is 8.32. The molecule has 0 aromatic heterocycles. The van der Waals surface area contributed by atoms with Gasteiger partial charge in [-0.25, -0.2) is 0 Å². The zero-order valence-electron chi connectivity index (χ0n) is 7.81. The Morgan fingerprint density at radius 3 is 2.18 bits per heavy atom. The van der Waals surface area contributed by atoms with E-state index in [1.807, 2.05) is 13.8 Å². The molecule has 11 heavy (non-hydrogen) atoms. The van der Waals surface area contributed by atoms with Crippen LogP contribution in [0.5, 0.6) is 0 Å². The Morgan fingerprint density at radius 2 is 2.00 bits per heavy atom. The quantitative estimate of drug-likeness (QED) is 0.574. The van der Waals surface area contributed by atoms with Gasteiger partial charge in [-0.05, 0) is 12.3 Å². The van der Waals surface area contributed by atoms with Gasteiger partial charge in [0.15, 0.2) is 0 Å². The van der Waals surface area contributed by atoms with Crippen molar-refractivity contribution < 1.29 is 4.74 Å². The van der Waals surface area contributed by atoms with Crippen LogP contribution in [0.2, 0.25) is 0 Å². The van der Waals surface area contributed by atoms with E-state index in [2.05, 4.69) is 12.2 Å². The van der Waals surface area contributed by atoms with Crippen molar-refractivity contribution in [2.45, 2.75) is 32.8 Å². The Labute approximate surface area is 69.3 Å². The lowest BCUT2D eigenvalue weighted by Gasteiger charge is -2.38. The van der Waals surface area contributed by atoms with Crippen LogP contribution in [-0.2, 0) is 4.74 Å². The molecule has 2 heterocycles. The van der Waals surface area contributed by atoms with Crippen molar-refractivity contribution in [3.8, 4) is 0 Å². The third-order valence-electron chi connectivity index (χ3n) is 2.29. The van der Waals surface area contributed by atoms with Gasteiger partial charge in [-0.15, -0.1) is 0 Å². The molecule has 1 unspecified atom stereocenters. The van der Waals surface area contributed by atoms with Gasteiger partial charge in [-0.3, -0.25) is 0 Å². The second-order valence-electron chi connectivity index (χ2n) is 3.41.